The van der Waals surface area contributed by atoms with Gasteiger partial charge in [-0.05, 0) is 72.8 Å². The SMILES string of the molecule is CCCCCCOC(=O)/N=C(/N)c1ccc(NCc2nc3cc(C(=O)N(CCC(=O)OC(S)OC(=O)SC(C)(C)C)c4ccccn4)ccc3n2C)cc1. The summed E-state index contributed by atoms with van der Waals surface area (Å²) in [6.07, 6.45) is 4.62. The average Bonchev–Trinajstić information content (AvgIpc) is 3.44. The van der Waals surface area contributed by atoms with Crippen LogP contribution in [0.2, 0.25) is 0 Å². The van der Waals surface area contributed by atoms with Crippen LogP contribution in [0.25, 0.3) is 11.0 Å². The first-order chi connectivity index (χ1) is 25.7. The summed E-state index contributed by atoms with van der Waals surface area (Å²) in [5.74, 6) is 0.0193. The smallest absolute Gasteiger partial charge is 0.435 e. The molecule has 0 aliphatic rings. The molecule has 0 radical (unpaired) electrons. The zero-order valence-electron chi connectivity index (χ0n) is 31.1. The van der Waals surface area contributed by atoms with Crippen molar-refractivity contribution in [2.24, 2.45) is 17.8 Å². The van der Waals surface area contributed by atoms with Crippen molar-refractivity contribution in [2.75, 3.05) is 23.4 Å². The summed E-state index contributed by atoms with van der Waals surface area (Å²) in [6.45, 7) is 8.29. The number of ether oxygens (including phenoxy) is 3. The number of rotatable bonds is 16. The van der Waals surface area contributed by atoms with Gasteiger partial charge in [0.2, 0.25) is 0 Å². The Labute approximate surface area is 324 Å². The monoisotopic (exact) mass is 777 g/mol. The number of carbonyl (C=O) groups excluding carboxylic acids is 4. The van der Waals surface area contributed by atoms with Crippen molar-refractivity contribution < 1.29 is 33.4 Å². The molecule has 14 nitrogen and oxygen atoms in total. The maximum absolute atomic E-state index is 13.9. The standard InChI is InChI=1S/C38H47N7O7S2/c1-6-7-8-11-22-50-35(48)43-33(39)25-13-16-27(17-14-25)41-24-31-42-28-23-26(15-18-29(28)44(31)5)34(47)45(30-12-9-10-20-40-30)21-19-32(46)51-37(53)52-36(49)54-38(2,3)4/h9-10,12-18,20,23,37,41,53H,6-8,11,19,21-22,24H2,1-5H3,(H2,39,43,48). The van der Waals surface area contributed by atoms with E-state index in [1.54, 1.807) is 48.7 Å². The Morgan fingerprint density at radius 3 is 2.44 bits per heavy atom. The molecule has 2 aromatic heterocycles. The fourth-order valence-electron chi connectivity index (χ4n) is 5.11. The van der Waals surface area contributed by atoms with E-state index in [9.17, 15) is 19.2 Å². The maximum Gasteiger partial charge on any atom is 0.435 e. The van der Waals surface area contributed by atoms with Crippen LogP contribution in [-0.4, -0.2) is 67.2 Å². The number of carbonyl (C=O) groups is 4. The van der Waals surface area contributed by atoms with Gasteiger partial charge in [-0.25, -0.2) is 19.6 Å². The van der Waals surface area contributed by atoms with Gasteiger partial charge in [-0.2, -0.15) is 4.99 Å². The Hall–Kier alpha value is -5.09. The molecule has 16 heteroatoms. The molecule has 1 atom stereocenters. The van der Waals surface area contributed by atoms with Crippen LogP contribution in [0.3, 0.4) is 0 Å². The van der Waals surface area contributed by atoms with Crippen molar-refractivity contribution in [3.05, 3.63) is 83.8 Å². The number of aromatic nitrogens is 3. The van der Waals surface area contributed by atoms with Gasteiger partial charge in [-0.3, -0.25) is 14.5 Å². The third-order valence-electron chi connectivity index (χ3n) is 7.82. The highest BCUT2D eigenvalue weighted by Gasteiger charge is 2.24. The summed E-state index contributed by atoms with van der Waals surface area (Å²) in [6, 6.07) is 17.5. The molecule has 4 rings (SSSR count). The minimum Gasteiger partial charge on any atom is -0.448 e. The predicted octanol–water partition coefficient (Wildman–Crippen LogP) is 7.46. The molecule has 2 heterocycles. The molecule has 0 aliphatic heterocycles. The van der Waals surface area contributed by atoms with Gasteiger partial charge in [-0.1, -0.05) is 65.7 Å². The van der Waals surface area contributed by atoms with E-state index in [1.807, 2.05) is 50.6 Å². The van der Waals surface area contributed by atoms with Gasteiger partial charge in [-0.15, -0.1) is 0 Å². The Kier molecular flexibility index (Phi) is 15.3. The Morgan fingerprint density at radius 2 is 1.76 bits per heavy atom. The van der Waals surface area contributed by atoms with E-state index in [0.717, 1.165) is 48.6 Å². The largest absolute Gasteiger partial charge is 0.448 e. The number of hydrogen-bond acceptors (Lipinski definition) is 12. The summed E-state index contributed by atoms with van der Waals surface area (Å²) in [4.78, 5) is 65.0. The number of benzene rings is 2. The lowest BCUT2D eigenvalue weighted by Gasteiger charge is -2.22. The number of thiol groups is 1. The molecule has 2 amide bonds. The fourth-order valence-corrected chi connectivity index (χ4v) is 6.03. The van der Waals surface area contributed by atoms with E-state index in [0.29, 0.717) is 41.4 Å². The molecule has 3 N–H and O–H groups in total. The molecule has 288 valence electrons. The highest BCUT2D eigenvalue weighted by molar-refractivity contribution is 8.14. The number of nitrogens with one attached hydrogen (secondary N) is 1. The molecule has 0 saturated carbocycles. The number of anilines is 2. The number of imidazole rings is 1. The van der Waals surface area contributed by atoms with E-state index in [1.165, 1.54) is 4.90 Å². The lowest BCUT2D eigenvalue weighted by atomic mass is 10.1. The molecule has 0 spiro atoms. The van der Waals surface area contributed by atoms with Gasteiger partial charge in [0, 0.05) is 41.4 Å². The van der Waals surface area contributed by atoms with Crippen molar-refractivity contribution in [2.45, 2.75) is 76.7 Å². The van der Waals surface area contributed by atoms with Crippen molar-refractivity contribution >= 4 is 76.0 Å². The summed E-state index contributed by atoms with van der Waals surface area (Å²) in [5, 5.41) is 2.71. The number of nitrogens with two attached hydrogens (primary N) is 1. The van der Waals surface area contributed by atoms with Crippen LogP contribution in [0.4, 0.5) is 21.1 Å². The van der Waals surface area contributed by atoms with Gasteiger partial charge in [0.15, 0.2) is 0 Å². The molecular formula is C38H47N7O7S2. The number of aryl methyl sites for hydroxylation is 1. The van der Waals surface area contributed by atoms with Crippen LogP contribution >= 0.6 is 24.4 Å². The third kappa shape index (κ3) is 12.8. The summed E-state index contributed by atoms with van der Waals surface area (Å²) >= 11 is 5.01. The maximum atomic E-state index is 13.9. The minimum absolute atomic E-state index is 0.0607. The van der Waals surface area contributed by atoms with Crippen molar-refractivity contribution in [3.8, 4) is 0 Å². The second-order valence-electron chi connectivity index (χ2n) is 13.2. The van der Waals surface area contributed by atoms with E-state index in [2.05, 4.69) is 34.8 Å². The van der Waals surface area contributed by atoms with E-state index < -0.39 is 28.9 Å². The van der Waals surface area contributed by atoms with Gasteiger partial charge >= 0.3 is 17.4 Å². The summed E-state index contributed by atoms with van der Waals surface area (Å²) < 4.78 is 16.9. The zero-order valence-corrected chi connectivity index (χ0v) is 32.8. The molecule has 4 aromatic rings. The second kappa shape index (κ2) is 19.8. The quantitative estimate of drug-likeness (QED) is 0.0256. The number of nitrogens with zero attached hydrogens (tertiary/aromatic N) is 5. The molecule has 0 saturated heterocycles. The van der Waals surface area contributed by atoms with Crippen LogP contribution in [0, 0.1) is 0 Å². The lowest BCUT2D eigenvalue weighted by Crippen LogP contribution is -2.34. The third-order valence-corrected chi connectivity index (χ3v) is 8.90. The van der Waals surface area contributed by atoms with Gasteiger partial charge in [0.1, 0.15) is 17.5 Å². The van der Waals surface area contributed by atoms with E-state index in [4.69, 9.17) is 24.9 Å². The van der Waals surface area contributed by atoms with E-state index in [-0.39, 0.29) is 23.5 Å². The zero-order chi connectivity index (χ0) is 39.3. The molecule has 2 aromatic carbocycles. The predicted molar refractivity (Wildman–Crippen MR) is 214 cm³/mol. The van der Waals surface area contributed by atoms with Gasteiger partial charge in [0.05, 0.1) is 30.6 Å². The number of amides is 2. The highest BCUT2D eigenvalue weighted by Crippen LogP contribution is 2.26. The molecule has 0 aliphatic carbocycles. The first kappa shape index (κ1) is 41.7. The lowest BCUT2D eigenvalue weighted by molar-refractivity contribution is -0.154. The first-order valence-electron chi connectivity index (χ1n) is 17.5. The molecule has 0 fully saturated rings. The van der Waals surface area contributed by atoms with Gasteiger partial charge < -0.3 is 29.8 Å². The highest BCUT2D eigenvalue weighted by atomic mass is 32.2. The van der Waals surface area contributed by atoms with Crippen molar-refractivity contribution in [3.63, 3.8) is 0 Å². The number of amidine groups is 1. The van der Waals surface area contributed by atoms with Crippen LogP contribution in [0.5, 0.6) is 0 Å². The number of esters is 1. The van der Waals surface area contributed by atoms with Crippen molar-refractivity contribution in [1.29, 1.82) is 0 Å². The van der Waals surface area contributed by atoms with Gasteiger partial charge in [0.25, 0.3) is 11.5 Å². The number of hydrogen-bond donors (Lipinski definition) is 3. The Bertz CT molecular complexity index is 1930. The second-order valence-corrected chi connectivity index (χ2v) is 15.4. The normalized spacial score (nSPS) is 12.2. The molecule has 54 heavy (non-hydrogen) atoms. The van der Waals surface area contributed by atoms with Crippen LogP contribution in [0.1, 0.15) is 81.5 Å². The summed E-state index contributed by atoms with van der Waals surface area (Å²) in [7, 11) is 1.89. The fraction of sp³-hybridized carbons (Fsp3) is 0.395. The van der Waals surface area contributed by atoms with Crippen LogP contribution < -0.4 is 16.0 Å². The molecule has 1 unspecified atom stereocenters. The average molecular weight is 778 g/mol. The van der Waals surface area contributed by atoms with E-state index >= 15 is 0 Å². The first-order valence-corrected chi connectivity index (χ1v) is 18.9. The van der Waals surface area contributed by atoms with Crippen LogP contribution in [0.15, 0.2) is 71.9 Å². The van der Waals surface area contributed by atoms with Crippen molar-refractivity contribution in [1.82, 2.24) is 14.5 Å². The number of unbranched alkanes of at least 4 members (excludes halogenated alkanes) is 3. The number of pyridine rings is 1. The number of fused-ring (bicyclic) bond motifs is 1. The Morgan fingerprint density at radius 1 is 1.02 bits per heavy atom. The number of aliphatic imine (C=N–C) groups is 1. The number of thioether (sulfide) groups is 1. The topological polar surface area (TPSA) is 180 Å². The minimum atomic E-state index is -1.39. The summed E-state index contributed by atoms with van der Waals surface area (Å²) in [5.41, 5.74) is 7.78. The van der Waals surface area contributed by atoms with Crippen LogP contribution in [-0.2, 0) is 32.6 Å². The molecular weight excluding hydrogens is 731 g/mol. The molecule has 0 bridgehead atoms. The Balaban J connectivity index is 1.38.